The normalized spacial score (nSPS) is 26.5. The van der Waals surface area contributed by atoms with Crippen LogP contribution in [0.1, 0.15) is 49.8 Å². The molecule has 0 saturated heterocycles. The van der Waals surface area contributed by atoms with Gasteiger partial charge in [-0.2, -0.15) is 35.1 Å². The van der Waals surface area contributed by atoms with Crippen LogP contribution in [0.15, 0.2) is 24.3 Å². The van der Waals surface area contributed by atoms with E-state index in [1.165, 1.54) is 18.2 Å². The maximum Gasteiger partial charge on any atom is 0.381 e. The lowest BCUT2D eigenvalue weighted by atomic mass is 9.84. The predicted octanol–water partition coefficient (Wildman–Crippen LogP) is 5.89. The van der Waals surface area contributed by atoms with Gasteiger partial charge in [0.2, 0.25) is 0 Å². The Kier molecular flexibility index (Phi) is 5.08. The molecule has 154 valence electrons. The second-order valence-corrected chi connectivity index (χ2v) is 6.76. The number of aliphatic hydroxyl groups is 1. The Bertz CT molecular complexity index is 675. The minimum atomic E-state index is -6.63. The van der Waals surface area contributed by atoms with Crippen molar-refractivity contribution in [3.05, 3.63) is 35.4 Å². The summed E-state index contributed by atoms with van der Waals surface area (Å²) in [4.78, 5) is 0. The molecule has 10 heteroatoms. The molecule has 0 bridgehead atoms. The van der Waals surface area contributed by atoms with Crippen LogP contribution in [0.4, 0.5) is 39.5 Å². The first kappa shape index (κ1) is 21.8. The van der Waals surface area contributed by atoms with E-state index in [4.69, 9.17) is 0 Å². The molecule has 1 aromatic rings. The minimum Gasteiger partial charge on any atom is -0.388 e. The van der Waals surface area contributed by atoms with Gasteiger partial charge in [0, 0.05) is 6.42 Å². The molecule has 0 aliphatic heterocycles. The van der Waals surface area contributed by atoms with Crippen LogP contribution in [-0.2, 0) is 0 Å². The first-order valence-corrected chi connectivity index (χ1v) is 8.07. The highest BCUT2D eigenvalue weighted by Gasteiger charge is 3.00. The molecule has 0 amide bonds. The Labute approximate surface area is 149 Å². The topological polar surface area (TPSA) is 20.2 Å². The van der Waals surface area contributed by atoms with E-state index >= 15 is 0 Å². The third-order valence-electron chi connectivity index (χ3n) is 5.15. The average molecular weight is 408 g/mol. The average Bonchev–Trinajstić information content (AvgIpc) is 2.63. The van der Waals surface area contributed by atoms with Gasteiger partial charge in [0.1, 0.15) is 0 Å². The third-order valence-corrected chi connectivity index (χ3v) is 5.15. The SMILES string of the molecule is CCC(C)c1ccccc1C(O)CC1(F)C(F)(F)C(F)(F)C(F)(F)C1(F)F. The van der Waals surface area contributed by atoms with Gasteiger partial charge < -0.3 is 5.11 Å². The summed E-state index contributed by atoms with van der Waals surface area (Å²) in [6, 6.07) is 5.27. The van der Waals surface area contributed by atoms with Crippen LogP contribution >= 0.6 is 0 Å². The molecule has 1 fully saturated rings. The van der Waals surface area contributed by atoms with Crippen molar-refractivity contribution in [1.29, 1.82) is 0 Å². The summed E-state index contributed by atoms with van der Waals surface area (Å²) in [5, 5.41) is 10.1. The third kappa shape index (κ3) is 2.58. The van der Waals surface area contributed by atoms with Crippen molar-refractivity contribution in [2.75, 3.05) is 0 Å². The Hall–Kier alpha value is -1.45. The van der Waals surface area contributed by atoms with Crippen molar-refractivity contribution in [3.63, 3.8) is 0 Å². The molecule has 0 radical (unpaired) electrons. The summed E-state index contributed by atoms with van der Waals surface area (Å²) in [5.74, 6) is -26.4. The van der Waals surface area contributed by atoms with Crippen molar-refractivity contribution < 1.29 is 44.6 Å². The largest absolute Gasteiger partial charge is 0.388 e. The summed E-state index contributed by atoms with van der Waals surface area (Å²) in [6.07, 6.45) is -4.29. The molecule has 1 saturated carbocycles. The second-order valence-electron chi connectivity index (χ2n) is 6.76. The summed E-state index contributed by atoms with van der Waals surface area (Å²) >= 11 is 0. The number of rotatable bonds is 5. The maximum absolute atomic E-state index is 14.6. The quantitative estimate of drug-likeness (QED) is 0.603. The van der Waals surface area contributed by atoms with E-state index < -0.39 is 41.9 Å². The van der Waals surface area contributed by atoms with Gasteiger partial charge in [-0.15, -0.1) is 0 Å². The van der Waals surface area contributed by atoms with Gasteiger partial charge >= 0.3 is 23.7 Å². The van der Waals surface area contributed by atoms with Crippen LogP contribution in [0.25, 0.3) is 0 Å². The molecule has 2 atom stereocenters. The maximum atomic E-state index is 14.6. The van der Waals surface area contributed by atoms with E-state index in [0.717, 1.165) is 6.07 Å². The lowest BCUT2D eigenvalue weighted by Crippen LogP contribution is -2.55. The lowest BCUT2D eigenvalue weighted by Gasteiger charge is -2.33. The van der Waals surface area contributed by atoms with Crippen molar-refractivity contribution in [2.45, 2.75) is 68.1 Å². The molecule has 2 rings (SSSR count). The summed E-state index contributed by atoms with van der Waals surface area (Å²) in [6.45, 7) is 3.35. The van der Waals surface area contributed by atoms with E-state index in [0.29, 0.717) is 6.42 Å². The van der Waals surface area contributed by atoms with Gasteiger partial charge in [-0.3, -0.25) is 0 Å². The second kappa shape index (κ2) is 6.28. The van der Waals surface area contributed by atoms with Crippen molar-refractivity contribution in [3.8, 4) is 0 Å². The van der Waals surface area contributed by atoms with E-state index in [9.17, 15) is 44.6 Å². The zero-order chi connectivity index (χ0) is 21.1. The first-order valence-electron chi connectivity index (χ1n) is 8.07. The van der Waals surface area contributed by atoms with Crippen LogP contribution in [-0.4, -0.2) is 34.5 Å². The van der Waals surface area contributed by atoms with Crippen LogP contribution in [0.5, 0.6) is 0 Å². The molecule has 1 aromatic carbocycles. The summed E-state index contributed by atoms with van der Waals surface area (Å²) in [5.41, 5.74) is -5.65. The molecule has 1 aliphatic carbocycles. The van der Waals surface area contributed by atoms with Crippen LogP contribution in [0.3, 0.4) is 0 Å². The lowest BCUT2D eigenvalue weighted by molar-refractivity contribution is -0.303. The minimum absolute atomic E-state index is 0.269. The Morgan fingerprint density at radius 2 is 1.19 bits per heavy atom. The monoisotopic (exact) mass is 408 g/mol. The molecular formula is C17H17F9O. The van der Waals surface area contributed by atoms with Crippen molar-refractivity contribution in [2.24, 2.45) is 0 Å². The first-order chi connectivity index (χ1) is 12.1. The molecule has 1 aliphatic rings. The molecule has 2 unspecified atom stereocenters. The Morgan fingerprint density at radius 1 is 0.778 bits per heavy atom. The molecule has 27 heavy (non-hydrogen) atoms. The Morgan fingerprint density at radius 3 is 1.59 bits per heavy atom. The van der Waals surface area contributed by atoms with Gasteiger partial charge in [0.15, 0.2) is 0 Å². The van der Waals surface area contributed by atoms with Crippen LogP contribution < -0.4 is 0 Å². The summed E-state index contributed by atoms with van der Waals surface area (Å²) < 4.78 is 123. The van der Waals surface area contributed by atoms with E-state index in [1.54, 1.807) is 13.8 Å². The highest BCUT2D eigenvalue weighted by atomic mass is 19.4. The van der Waals surface area contributed by atoms with Gasteiger partial charge in [-0.05, 0) is 23.5 Å². The highest BCUT2D eigenvalue weighted by Crippen LogP contribution is 2.70. The fraction of sp³-hybridized carbons (Fsp3) is 0.647. The summed E-state index contributed by atoms with van der Waals surface area (Å²) in [7, 11) is 0. The van der Waals surface area contributed by atoms with E-state index in [1.807, 2.05) is 0 Å². The Balaban J connectivity index is 2.53. The van der Waals surface area contributed by atoms with Gasteiger partial charge in [-0.1, -0.05) is 38.1 Å². The molecule has 0 aromatic heterocycles. The zero-order valence-electron chi connectivity index (χ0n) is 14.2. The molecule has 1 N–H and O–H groups in total. The predicted molar refractivity (Wildman–Crippen MR) is 78.4 cm³/mol. The number of alkyl halides is 9. The number of halogens is 9. The zero-order valence-corrected chi connectivity index (χ0v) is 14.2. The van der Waals surface area contributed by atoms with E-state index in [2.05, 4.69) is 0 Å². The fourth-order valence-corrected chi connectivity index (χ4v) is 3.20. The molecule has 0 heterocycles. The number of hydrogen-bond acceptors (Lipinski definition) is 1. The smallest absolute Gasteiger partial charge is 0.381 e. The number of hydrogen-bond donors (Lipinski definition) is 1. The number of benzene rings is 1. The van der Waals surface area contributed by atoms with Gasteiger partial charge in [-0.25, -0.2) is 4.39 Å². The highest BCUT2D eigenvalue weighted by molar-refractivity contribution is 5.34. The standard InChI is InChI=1S/C17H17F9O/c1-3-9(2)10-6-4-5-7-11(10)12(27)8-13(18)14(19,20)16(23,24)17(25,26)15(13,21)22/h4-7,9,12,27H,3,8H2,1-2H3. The van der Waals surface area contributed by atoms with Crippen molar-refractivity contribution in [1.82, 2.24) is 0 Å². The van der Waals surface area contributed by atoms with Crippen LogP contribution in [0, 0.1) is 0 Å². The van der Waals surface area contributed by atoms with Gasteiger partial charge in [0.25, 0.3) is 5.67 Å². The number of aliphatic hydroxyl groups excluding tert-OH is 1. The fourth-order valence-electron chi connectivity index (χ4n) is 3.20. The molecular weight excluding hydrogens is 391 g/mol. The van der Waals surface area contributed by atoms with Gasteiger partial charge in [0.05, 0.1) is 6.10 Å². The van der Waals surface area contributed by atoms with Crippen LogP contribution in [0.2, 0.25) is 0 Å². The van der Waals surface area contributed by atoms with Crippen molar-refractivity contribution >= 4 is 0 Å². The molecule has 1 nitrogen and oxygen atoms in total. The van der Waals surface area contributed by atoms with E-state index in [-0.39, 0.29) is 17.0 Å². The molecule has 0 spiro atoms.